The number of carbonyl (C=O) groups excluding carboxylic acids is 1. The van der Waals surface area contributed by atoms with E-state index in [9.17, 15) is 14.0 Å². The van der Waals surface area contributed by atoms with Crippen molar-refractivity contribution in [2.45, 2.75) is 12.5 Å². The molecule has 0 aromatic heterocycles. The molecule has 5 nitrogen and oxygen atoms in total. The van der Waals surface area contributed by atoms with Crippen LogP contribution in [-0.4, -0.2) is 23.1 Å². The van der Waals surface area contributed by atoms with E-state index in [0.717, 1.165) is 0 Å². The van der Waals surface area contributed by atoms with E-state index in [-0.39, 0.29) is 12.1 Å². The van der Waals surface area contributed by atoms with Crippen molar-refractivity contribution < 1.29 is 19.1 Å². The molecule has 1 aromatic rings. The van der Waals surface area contributed by atoms with Gasteiger partial charge in [0.25, 0.3) is 0 Å². The third-order valence-electron chi connectivity index (χ3n) is 2.19. The summed E-state index contributed by atoms with van der Waals surface area (Å²) < 4.78 is 14.0. The summed E-state index contributed by atoms with van der Waals surface area (Å²) in [6, 6.07) is 2.21. The number of urea groups is 1. The Morgan fingerprint density at radius 3 is 2.74 bits per heavy atom. The molecule has 0 fully saturated rings. The maximum absolute atomic E-state index is 13.4. The van der Waals surface area contributed by atoms with E-state index < -0.39 is 23.9 Å². The first kappa shape index (κ1) is 15.2. The Bertz CT molecular complexity index is 508. The molecule has 1 unspecified atom stereocenters. The summed E-state index contributed by atoms with van der Waals surface area (Å²) in [7, 11) is 0. The van der Waals surface area contributed by atoms with Gasteiger partial charge in [-0.15, -0.1) is 6.58 Å². The minimum Gasteiger partial charge on any atom is -0.480 e. The first-order valence-electron chi connectivity index (χ1n) is 5.30. The molecule has 7 heteroatoms. The summed E-state index contributed by atoms with van der Waals surface area (Å²) in [5.41, 5.74) is -0.0385. The highest BCUT2D eigenvalue weighted by Gasteiger charge is 2.18. The van der Waals surface area contributed by atoms with Crippen LogP contribution in [0.4, 0.5) is 14.9 Å². The van der Waals surface area contributed by atoms with Gasteiger partial charge >= 0.3 is 12.0 Å². The Labute approximate surface area is 117 Å². The summed E-state index contributed by atoms with van der Waals surface area (Å²) in [6.07, 6.45) is 1.45. The molecule has 102 valence electrons. The van der Waals surface area contributed by atoms with Gasteiger partial charge in [0.15, 0.2) is 0 Å². The summed E-state index contributed by atoms with van der Waals surface area (Å²) in [4.78, 5) is 22.4. The topological polar surface area (TPSA) is 78.4 Å². The maximum atomic E-state index is 13.4. The van der Waals surface area contributed by atoms with Gasteiger partial charge in [0, 0.05) is 4.47 Å². The maximum Gasteiger partial charge on any atom is 0.326 e. The highest BCUT2D eigenvalue weighted by atomic mass is 79.9. The molecule has 1 atom stereocenters. The number of rotatable bonds is 5. The Morgan fingerprint density at radius 1 is 1.53 bits per heavy atom. The first-order valence-corrected chi connectivity index (χ1v) is 6.09. The zero-order valence-corrected chi connectivity index (χ0v) is 11.4. The van der Waals surface area contributed by atoms with E-state index in [1.807, 2.05) is 0 Å². The quantitative estimate of drug-likeness (QED) is 0.726. The van der Waals surface area contributed by atoms with Crippen molar-refractivity contribution in [2.24, 2.45) is 0 Å². The zero-order valence-electron chi connectivity index (χ0n) is 9.82. The Balaban J connectivity index is 2.68. The monoisotopic (exact) mass is 330 g/mol. The minimum atomic E-state index is -1.19. The number of benzene rings is 1. The molecule has 0 bridgehead atoms. The fraction of sp³-hybridized carbons (Fsp3) is 0.167. The van der Waals surface area contributed by atoms with Gasteiger partial charge < -0.3 is 15.7 Å². The van der Waals surface area contributed by atoms with Crippen molar-refractivity contribution in [3.63, 3.8) is 0 Å². The van der Waals surface area contributed by atoms with Gasteiger partial charge in [-0.1, -0.05) is 22.0 Å². The standard InChI is InChI=1S/C12H12BrFN2O3/c1-2-3-10(11(17)18)16-12(19)15-9-5-4-7(13)6-8(9)14/h2,4-6,10H,1,3H2,(H,17,18)(H2,15,16,19). The van der Waals surface area contributed by atoms with E-state index in [1.54, 1.807) is 6.07 Å². The van der Waals surface area contributed by atoms with Crippen molar-refractivity contribution in [3.8, 4) is 0 Å². The van der Waals surface area contributed by atoms with Gasteiger partial charge in [-0.25, -0.2) is 14.0 Å². The second kappa shape index (κ2) is 6.89. The summed E-state index contributed by atoms with van der Waals surface area (Å²) in [6.45, 7) is 3.40. The van der Waals surface area contributed by atoms with Crippen LogP contribution in [0.2, 0.25) is 0 Å². The van der Waals surface area contributed by atoms with Gasteiger partial charge in [0.2, 0.25) is 0 Å². The van der Waals surface area contributed by atoms with Crippen molar-refractivity contribution in [1.29, 1.82) is 0 Å². The average molecular weight is 331 g/mol. The summed E-state index contributed by atoms with van der Waals surface area (Å²) >= 11 is 3.09. The summed E-state index contributed by atoms with van der Waals surface area (Å²) in [5.74, 6) is -1.81. The number of amides is 2. The number of anilines is 1. The largest absolute Gasteiger partial charge is 0.480 e. The minimum absolute atomic E-state index is 0.0385. The highest BCUT2D eigenvalue weighted by molar-refractivity contribution is 9.10. The number of carboxylic acid groups (broad SMARTS) is 1. The van der Waals surface area contributed by atoms with Crippen LogP contribution >= 0.6 is 15.9 Å². The lowest BCUT2D eigenvalue weighted by Gasteiger charge is -2.13. The normalized spacial score (nSPS) is 11.5. The molecule has 0 saturated heterocycles. The second-order valence-electron chi connectivity index (χ2n) is 3.64. The molecule has 19 heavy (non-hydrogen) atoms. The van der Waals surface area contributed by atoms with Crippen LogP contribution in [0.5, 0.6) is 0 Å². The van der Waals surface area contributed by atoms with E-state index in [2.05, 4.69) is 33.1 Å². The van der Waals surface area contributed by atoms with E-state index >= 15 is 0 Å². The van der Waals surface area contributed by atoms with Gasteiger partial charge in [0.05, 0.1) is 5.69 Å². The van der Waals surface area contributed by atoms with Crippen LogP contribution in [0.25, 0.3) is 0 Å². The van der Waals surface area contributed by atoms with Crippen LogP contribution in [0.15, 0.2) is 35.3 Å². The molecule has 3 N–H and O–H groups in total. The lowest BCUT2D eigenvalue weighted by Crippen LogP contribution is -2.42. The number of hydrogen-bond donors (Lipinski definition) is 3. The van der Waals surface area contributed by atoms with Crippen LogP contribution in [0.3, 0.4) is 0 Å². The van der Waals surface area contributed by atoms with Gasteiger partial charge in [-0.3, -0.25) is 0 Å². The lowest BCUT2D eigenvalue weighted by molar-refractivity contribution is -0.139. The Hall–Kier alpha value is -1.89. The first-order chi connectivity index (χ1) is 8.93. The smallest absolute Gasteiger partial charge is 0.326 e. The molecule has 2 amide bonds. The molecule has 0 aliphatic rings. The number of carbonyl (C=O) groups is 2. The molecule has 0 aliphatic heterocycles. The molecule has 0 radical (unpaired) electrons. The molecular weight excluding hydrogens is 319 g/mol. The van der Waals surface area contributed by atoms with Crippen LogP contribution < -0.4 is 10.6 Å². The van der Waals surface area contributed by atoms with Crippen LogP contribution in [0.1, 0.15) is 6.42 Å². The molecule has 0 spiro atoms. The van der Waals surface area contributed by atoms with E-state index in [1.165, 1.54) is 18.2 Å². The van der Waals surface area contributed by atoms with Crippen molar-refractivity contribution >= 4 is 33.6 Å². The molecule has 0 saturated carbocycles. The summed E-state index contributed by atoms with van der Waals surface area (Å²) in [5, 5.41) is 13.3. The highest BCUT2D eigenvalue weighted by Crippen LogP contribution is 2.19. The second-order valence-corrected chi connectivity index (χ2v) is 4.55. The van der Waals surface area contributed by atoms with Crippen LogP contribution in [-0.2, 0) is 4.79 Å². The van der Waals surface area contributed by atoms with Gasteiger partial charge in [-0.2, -0.15) is 0 Å². The van der Waals surface area contributed by atoms with E-state index in [4.69, 9.17) is 5.11 Å². The van der Waals surface area contributed by atoms with Crippen LogP contribution in [0, 0.1) is 5.82 Å². The van der Waals surface area contributed by atoms with Gasteiger partial charge in [-0.05, 0) is 24.6 Å². The van der Waals surface area contributed by atoms with E-state index in [0.29, 0.717) is 4.47 Å². The molecule has 0 aliphatic carbocycles. The number of aliphatic carboxylic acids is 1. The number of halogens is 2. The molecule has 0 heterocycles. The Morgan fingerprint density at radius 2 is 2.21 bits per heavy atom. The number of carboxylic acids is 1. The zero-order chi connectivity index (χ0) is 14.4. The fourth-order valence-electron chi connectivity index (χ4n) is 1.30. The van der Waals surface area contributed by atoms with Crippen molar-refractivity contribution in [1.82, 2.24) is 5.32 Å². The third kappa shape index (κ3) is 4.70. The SMILES string of the molecule is C=CCC(NC(=O)Nc1ccc(Br)cc1F)C(=O)O. The van der Waals surface area contributed by atoms with Gasteiger partial charge in [0.1, 0.15) is 11.9 Å². The average Bonchev–Trinajstić information content (AvgIpc) is 2.32. The number of nitrogens with one attached hydrogen (secondary N) is 2. The fourth-order valence-corrected chi connectivity index (χ4v) is 1.63. The Kier molecular flexibility index (Phi) is 5.50. The number of hydrogen-bond acceptors (Lipinski definition) is 2. The molecule has 1 aromatic carbocycles. The van der Waals surface area contributed by atoms with Crippen molar-refractivity contribution in [3.05, 3.63) is 41.1 Å². The molecular formula is C12H12BrFN2O3. The predicted octanol–water partition coefficient (Wildman–Crippen LogP) is 2.74. The predicted molar refractivity (Wildman–Crippen MR) is 72.5 cm³/mol. The lowest BCUT2D eigenvalue weighted by atomic mass is 10.2. The third-order valence-corrected chi connectivity index (χ3v) is 2.68. The molecule has 1 rings (SSSR count). The van der Waals surface area contributed by atoms with Crippen molar-refractivity contribution in [2.75, 3.05) is 5.32 Å².